The number of benzene rings is 1. The van der Waals surface area contributed by atoms with Gasteiger partial charge >= 0.3 is 0 Å². The highest BCUT2D eigenvalue weighted by Gasteiger charge is 2.26. The first-order chi connectivity index (χ1) is 11.6. The third-order valence-corrected chi connectivity index (χ3v) is 4.42. The fourth-order valence-corrected chi connectivity index (χ4v) is 3.19. The number of nitrogens with zero attached hydrogens (tertiary/aromatic N) is 2. The van der Waals surface area contributed by atoms with Gasteiger partial charge in [0.05, 0.1) is 6.54 Å². The molecule has 4 nitrogen and oxygen atoms in total. The van der Waals surface area contributed by atoms with E-state index < -0.39 is 11.6 Å². The van der Waals surface area contributed by atoms with Crippen molar-refractivity contribution in [2.24, 2.45) is 0 Å². The van der Waals surface area contributed by atoms with Crippen LogP contribution in [-0.4, -0.2) is 54.5 Å². The molecule has 0 radical (unpaired) electrons. The Hall–Kier alpha value is -1.95. The van der Waals surface area contributed by atoms with E-state index in [4.69, 9.17) is 4.74 Å². The predicted molar refractivity (Wildman–Crippen MR) is 86.8 cm³/mol. The second kappa shape index (κ2) is 7.75. The van der Waals surface area contributed by atoms with Crippen LogP contribution in [-0.2, 0) is 4.79 Å². The minimum atomic E-state index is -0.666. The molecule has 0 aliphatic carbocycles. The summed E-state index contributed by atoms with van der Waals surface area (Å²) in [5, 5.41) is 0. The predicted octanol–water partition coefficient (Wildman–Crippen LogP) is 2.60. The average molecular weight is 336 g/mol. The number of halogens is 2. The lowest BCUT2D eigenvalue weighted by molar-refractivity contribution is -0.125. The van der Waals surface area contributed by atoms with Crippen LogP contribution in [0.4, 0.5) is 8.78 Å². The molecular weight excluding hydrogens is 314 g/mol. The Kier molecular flexibility index (Phi) is 5.45. The van der Waals surface area contributed by atoms with Crippen LogP contribution in [0.2, 0.25) is 0 Å². The molecule has 1 unspecified atom stereocenters. The molecule has 0 spiro atoms. The van der Waals surface area contributed by atoms with Crippen molar-refractivity contribution < 1.29 is 18.3 Å². The third kappa shape index (κ3) is 4.54. The largest absolute Gasteiger partial charge is 0.488 e. The van der Waals surface area contributed by atoms with Gasteiger partial charge in [-0.2, -0.15) is 0 Å². The van der Waals surface area contributed by atoms with Gasteiger partial charge in [-0.25, -0.2) is 8.78 Å². The molecule has 1 aromatic rings. The van der Waals surface area contributed by atoms with Crippen LogP contribution in [0.15, 0.2) is 30.4 Å². The molecule has 2 heterocycles. The second-order valence-electron chi connectivity index (χ2n) is 6.33. The van der Waals surface area contributed by atoms with Gasteiger partial charge < -0.3 is 9.64 Å². The molecule has 2 fully saturated rings. The van der Waals surface area contributed by atoms with E-state index in [9.17, 15) is 13.6 Å². The van der Waals surface area contributed by atoms with Crippen molar-refractivity contribution in [1.29, 1.82) is 0 Å². The molecule has 3 rings (SSSR count). The van der Waals surface area contributed by atoms with Crippen LogP contribution in [0.3, 0.4) is 0 Å². The molecule has 0 aromatic heterocycles. The highest BCUT2D eigenvalue weighted by atomic mass is 19.1. The third-order valence-electron chi connectivity index (χ3n) is 4.42. The molecule has 1 aromatic carbocycles. The van der Waals surface area contributed by atoms with Crippen molar-refractivity contribution in [3.05, 3.63) is 42.0 Å². The van der Waals surface area contributed by atoms with Crippen LogP contribution in [0.1, 0.15) is 19.3 Å². The van der Waals surface area contributed by atoms with E-state index in [0.29, 0.717) is 19.5 Å². The van der Waals surface area contributed by atoms with E-state index in [1.54, 1.807) is 11.0 Å². The van der Waals surface area contributed by atoms with Crippen LogP contribution in [0.25, 0.3) is 0 Å². The maximum atomic E-state index is 13.2. The van der Waals surface area contributed by atoms with Gasteiger partial charge in [0.15, 0.2) is 0 Å². The summed E-state index contributed by atoms with van der Waals surface area (Å²) in [4.78, 5) is 16.2. The molecule has 2 saturated heterocycles. The summed E-state index contributed by atoms with van der Waals surface area (Å²) in [6.07, 6.45) is 6.40. The lowest BCUT2D eigenvalue weighted by Crippen LogP contribution is -2.29. The minimum Gasteiger partial charge on any atom is -0.488 e. The maximum absolute atomic E-state index is 13.2. The van der Waals surface area contributed by atoms with Gasteiger partial charge in [-0.15, -0.1) is 0 Å². The monoisotopic (exact) mass is 336 g/mol. The quantitative estimate of drug-likeness (QED) is 0.775. The van der Waals surface area contributed by atoms with Crippen molar-refractivity contribution in [2.45, 2.75) is 25.4 Å². The maximum Gasteiger partial charge on any atom is 0.246 e. The Morgan fingerprint density at radius 2 is 1.88 bits per heavy atom. The van der Waals surface area contributed by atoms with Crippen molar-refractivity contribution >= 4 is 5.91 Å². The zero-order valence-electron chi connectivity index (χ0n) is 13.6. The molecule has 1 atom stereocenters. The van der Waals surface area contributed by atoms with Crippen molar-refractivity contribution in [1.82, 2.24) is 9.80 Å². The Labute approximate surface area is 140 Å². The Balaban J connectivity index is 1.47. The van der Waals surface area contributed by atoms with Crippen molar-refractivity contribution in [2.75, 3.05) is 32.7 Å². The van der Waals surface area contributed by atoms with E-state index in [0.717, 1.165) is 37.8 Å². The Bertz CT molecular complexity index is 595. The zero-order chi connectivity index (χ0) is 16.9. The SMILES string of the molecule is O=C(/C=C/CN1CCCC1)N1CCC(Oc2cc(F)cc(F)c2)C1. The topological polar surface area (TPSA) is 32.8 Å². The Morgan fingerprint density at radius 3 is 2.58 bits per heavy atom. The average Bonchev–Trinajstić information content (AvgIpc) is 3.17. The number of hydrogen-bond donors (Lipinski definition) is 0. The first-order valence-electron chi connectivity index (χ1n) is 8.41. The summed E-state index contributed by atoms with van der Waals surface area (Å²) in [6.45, 7) is 4.03. The summed E-state index contributed by atoms with van der Waals surface area (Å²) < 4.78 is 32.0. The number of likely N-dealkylation sites (tertiary alicyclic amines) is 2. The van der Waals surface area contributed by atoms with Crippen LogP contribution in [0.5, 0.6) is 5.75 Å². The summed E-state index contributed by atoms with van der Waals surface area (Å²) in [7, 11) is 0. The highest BCUT2D eigenvalue weighted by molar-refractivity contribution is 5.87. The van der Waals surface area contributed by atoms with Gasteiger partial charge in [0, 0.05) is 43.8 Å². The highest BCUT2D eigenvalue weighted by Crippen LogP contribution is 2.21. The molecule has 130 valence electrons. The standard InChI is InChI=1S/C18H22F2N2O2/c19-14-10-15(20)12-17(11-14)24-16-5-9-22(13-16)18(23)4-3-8-21-6-1-2-7-21/h3-4,10-12,16H,1-2,5-9,13H2/b4-3+. The van der Waals surface area contributed by atoms with Crippen molar-refractivity contribution in [3.8, 4) is 5.75 Å². The molecule has 6 heteroatoms. The van der Waals surface area contributed by atoms with Crippen LogP contribution in [0, 0.1) is 11.6 Å². The summed E-state index contributed by atoms with van der Waals surface area (Å²) in [6, 6.07) is 3.12. The molecule has 0 N–H and O–H groups in total. The summed E-state index contributed by atoms with van der Waals surface area (Å²) in [5.74, 6) is -1.20. The van der Waals surface area contributed by atoms with Gasteiger partial charge in [0.25, 0.3) is 0 Å². The van der Waals surface area contributed by atoms with Gasteiger partial charge in [-0.1, -0.05) is 6.08 Å². The van der Waals surface area contributed by atoms with Crippen LogP contribution < -0.4 is 4.74 Å². The van der Waals surface area contributed by atoms with E-state index in [2.05, 4.69) is 4.90 Å². The molecule has 0 saturated carbocycles. The van der Waals surface area contributed by atoms with E-state index >= 15 is 0 Å². The molecule has 2 aliphatic rings. The fraction of sp³-hybridized carbons (Fsp3) is 0.500. The molecule has 1 amide bonds. The number of rotatable bonds is 5. The second-order valence-corrected chi connectivity index (χ2v) is 6.33. The lowest BCUT2D eigenvalue weighted by Gasteiger charge is -2.16. The normalized spacial score (nSPS) is 21.8. The fourth-order valence-electron chi connectivity index (χ4n) is 3.19. The number of hydrogen-bond acceptors (Lipinski definition) is 3. The van der Waals surface area contributed by atoms with Gasteiger partial charge in [-0.3, -0.25) is 9.69 Å². The van der Waals surface area contributed by atoms with Crippen LogP contribution >= 0.6 is 0 Å². The molecule has 24 heavy (non-hydrogen) atoms. The molecular formula is C18H22F2N2O2. The van der Waals surface area contributed by atoms with Gasteiger partial charge in [-0.05, 0) is 25.9 Å². The smallest absolute Gasteiger partial charge is 0.246 e. The van der Waals surface area contributed by atoms with Gasteiger partial charge in [0.1, 0.15) is 23.5 Å². The van der Waals surface area contributed by atoms with E-state index in [1.807, 2.05) is 6.08 Å². The number of carbonyl (C=O) groups excluding carboxylic acids is 1. The lowest BCUT2D eigenvalue weighted by atomic mass is 10.3. The Morgan fingerprint density at radius 1 is 1.17 bits per heavy atom. The number of carbonyl (C=O) groups is 1. The summed E-state index contributed by atoms with van der Waals surface area (Å²) in [5.41, 5.74) is 0. The summed E-state index contributed by atoms with van der Waals surface area (Å²) >= 11 is 0. The zero-order valence-corrected chi connectivity index (χ0v) is 13.6. The first-order valence-corrected chi connectivity index (χ1v) is 8.41. The number of amides is 1. The molecule has 2 aliphatic heterocycles. The molecule has 0 bridgehead atoms. The van der Waals surface area contributed by atoms with Gasteiger partial charge in [0.2, 0.25) is 5.91 Å². The first kappa shape index (κ1) is 16.9. The van der Waals surface area contributed by atoms with Crippen molar-refractivity contribution in [3.63, 3.8) is 0 Å². The van der Waals surface area contributed by atoms with E-state index in [-0.39, 0.29) is 17.8 Å². The minimum absolute atomic E-state index is 0.0364. The number of ether oxygens (including phenoxy) is 1. The van der Waals surface area contributed by atoms with E-state index in [1.165, 1.54) is 12.8 Å².